The number of aliphatic imine (C=N–C) groups is 1. The number of hydrogen-bond acceptors (Lipinski definition) is 3. The van der Waals surface area contributed by atoms with Crippen LogP contribution in [0.1, 0.15) is 13.3 Å². The highest BCUT2D eigenvalue weighted by Crippen LogP contribution is 2.21. The van der Waals surface area contributed by atoms with Gasteiger partial charge in [-0.25, -0.2) is 0 Å². The van der Waals surface area contributed by atoms with Crippen molar-refractivity contribution in [3.63, 3.8) is 0 Å². The van der Waals surface area contributed by atoms with Gasteiger partial charge in [-0.1, -0.05) is 6.08 Å². The lowest BCUT2D eigenvalue weighted by molar-refractivity contribution is 0.673. The van der Waals surface area contributed by atoms with Crippen molar-refractivity contribution >= 4 is 6.21 Å². The van der Waals surface area contributed by atoms with Crippen LogP contribution < -0.4 is 11.1 Å². The topological polar surface area (TPSA) is 50.4 Å². The molecular formula is C10H15N3. The molecule has 13 heavy (non-hydrogen) atoms. The van der Waals surface area contributed by atoms with Gasteiger partial charge in [0.1, 0.15) is 0 Å². The second-order valence-corrected chi connectivity index (χ2v) is 3.89. The van der Waals surface area contributed by atoms with Gasteiger partial charge in [-0.3, -0.25) is 4.99 Å². The Morgan fingerprint density at radius 1 is 1.54 bits per heavy atom. The summed E-state index contributed by atoms with van der Waals surface area (Å²) in [5, 5.41) is 3.32. The molecule has 70 valence electrons. The third kappa shape index (κ3) is 1.87. The first kappa shape index (κ1) is 8.66. The Bertz CT molecular complexity index is 297. The molecule has 0 radical (unpaired) electrons. The van der Waals surface area contributed by atoms with E-state index in [2.05, 4.69) is 16.4 Å². The fourth-order valence-electron chi connectivity index (χ4n) is 1.71. The van der Waals surface area contributed by atoms with E-state index in [1.54, 1.807) is 6.21 Å². The zero-order valence-corrected chi connectivity index (χ0v) is 7.88. The van der Waals surface area contributed by atoms with E-state index >= 15 is 0 Å². The predicted octanol–water partition coefficient (Wildman–Crippen LogP) is 0.592. The third-order valence-electron chi connectivity index (χ3n) is 2.37. The van der Waals surface area contributed by atoms with Crippen LogP contribution in [0.25, 0.3) is 0 Å². The van der Waals surface area contributed by atoms with Gasteiger partial charge in [-0.05, 0) is 31.0 Å². The zero-order chi connectivity index (χ0) is 9.31. The molecule has 2 aliphatic rings. The fraction of sp³-hybridized carbons (Fsp3) is 0.500. The molecule has 1 saturated heterocycles. The molecule has 1 atom stereocenters. The number of nitrogens with two attached hydrogens (primary N) is 1. The van der Waals surface area contributed by atoms with Crippen LogP contribution in [0.5, 0.6) is 0 Å². The summed E-state index contributed by atoms with van der Waals surface area (Å²) in [5.74, 6) is 0. The van der Waals surface area contributed by atoms with E-state index in [4.69, 9.17) is 5.73 Å². The van der Waals surface area contributed by atoms with Crippen molar-refractivity contribution in [2.45, 2.75) is 18.9 Å². The average Bonchev–Trinajstić information content (AvgIpc) is 2.21. The normalized spacial score (nSPS) is 33.1. The van der Waals surface area contributed by atoms with Crippen molar-refractivity contribution in [2.75, 3.05) is 13.1 Å². The van der Waals surface area contributed by atoms with E-state index in [0.29, 0.717) is 0 Å². The average molecular weight is 177 g/mol. The lowest BCUT2D eigenvalue weighted by Crippen LogP contribution is -2.36. The van der Waals surface area contributed by atoms with Gasteiger partial charge in [0, 0.05) is 19.0 Å². The fourth-order valence-corrected chi connectivity index (χ4v) is 1.71. The maximum Gasteiger partial charge on any atom is 0.0676 e. The van der Waals surface area contributed by atoms with Crippen molar-refractivity contribution in [1.82, 2.24) is 5.32 Å². The summed E-state index contributed by atoms with van der Waals surface area (Å²) in [6.07, 6.45) is 6.89. The molecule has 3 N–H and O–H groups in total. The molecule has 3 heteroatoms. The van der Waals surface area contributed by atoms with Crippen LogP contribution in [0.2, 0.25) is 0 Å². The molecule has 2 heterocycles. The lowest BCUT2D eigenvalue weighted by atomic mass is 9.94. The highest BCUT2D eigenvalue weighted by atomic mass is 14.9. The standard InChI is InChI=1S/C10H15N3/c1-10(11)4-8-2-3-12-5-9(8)6-13-7-10/h4,6-7,12H,2-3,5,11H2,1H3. The number of piperidine rings is 1. The first-order valence-electron chi connectivity index (χ1n) is 4.62. The zero-order valence-electron chi connectivity index (χ0n) is 7.88. The Morgan fingerprint density at radius 3 is 3.23 bits per heavy atom. The maximum atomic E-state index is 6.01. The van der Waals surface area contributed by atoms with E-state index in [1.165, 1.54) is 11.1 Å². The van der Waals surface area contributed by atoms with Crippen LogP contribution in [0.15, 0.2) is 28.4 Å². The van der Waals surface area contributed by atoms with Crippen LogP contribution in [-0.2, 0) is 0 Å². The Balaban J connectivity index is 2.34. The monoisotopic (exact) mass is 177 g/mol. The number of hydrogen-bond donors (Lipinski definition) is 2. The Morgan fingerprint density at radius 2 is 2.38 bits per heavy atom. The number of nitrogens with one attached hydrogen (secondary N) is 1. The van der Waals surface area contributed by atoms with Crippen LogP contribution in [0, 0.1) is 0 Å². The molecule has 0 amide bonds. The Labute approximate surface area is 78.4 Å². The Hall–Kier alpha value is -0.930. The van der Waals surface area contributed by atoms with Crippen molar-refractivity contribution in [3.05, 3.63) is 23.4 Å². The van der Waals surface area contributed by atoms with Crippen molar-refractivity contribution < 1.29 is 0 Å². The summed E-state index contributed by atoms with van der Waals surface area (Å²) in [6.45, 7) is 3.93. The molecule has 2 rings (SSSR count). The largest absolute Gasteiger partial charge is 0.318 e. The third-order valence-corrected chi connectivity index (χ3v) is 2.37. The van der Waals surface area contributed by atoms with Crippen molar-refractivity contribution in [3.8, 4) is 0 Å². The first-order valence-corrected chi connectivity index (χ1v) is 4.62. The van der Waals surface area contributed by atoms with E-state index in [9.17, 15) is 0 Å². The SMILES string of the molecule is CC1(N)C=NC=C2CNCCC2=C1. The van der Waals surface area contributed by atoms with Crippen LogP contribution >= 0.6 is 0 Å². The second kappa shape index (κ2) is 3.09. The smallest absolute Gasteiger partial charge is 0.0676 e. The summed E-state index contributed by atoms with van der Waals surface area (Å²) in [6, 6.07) is 0. The van der Waals surface area contributed by atoms with Gasteiger partial charge in [-0.2, -0.15) is 0 Å². The number of fused-ring (bicyclic) bond motifs is 1. The first-order chi connectivity index (χ1) is 6.17. The highest BCUT2D eigenvalue weighted by Gasteiger charge is 2.19. The minimum Gasteiger partial charge on any atom is -0.318 e. The molecule has 2 aliphatic heterocycles. The van der Waals surface area contributed by atoms with Crippen LogP contribution in [0.4, 0.5) is 0 Å². The molecule has 0 bridgehead atoms. The summed E-state index contributed by atoms with van der Waals surface area (Å²) in [4.78, 5) is 4.20. The highest BCUT2D eigenvalue weighted by molar-refractivity contribution is 5.74. The number of rotatable bonds is 0. The molecule has 1 unspecified atom stereocenters. The Kier molecular flexibility index (Phi) is 2.06. The van der Waals surface area contributed by atoms with Crippen molar-refractivity contribution in [2.24, 2.45) is 10.7 Å². The summed E-state index contributed by atoms with van der Waals surface area (Å²) in [5.41, 5.74) is 8.24. The molecular weight excluding hydrogens is 162 g/mol. The molecule has 0 saturated carbocycles. The molecule has 0 spiro atoms. The molecule has 0 aromatic rings. The van der Waals surface area contributed by atoms with Crippen LogP contribution in [0.3, 0.4) is 0 Å². The van der Waals surface area contributed by atoms with Gasteiger partial charge in [0.15, 0.2) is 0 Å². The molecule has 1 fully saturated rings. The minimum absolute atomic E-state index is 0.384. The molecule has 3 nitrogen and oxygen atoms in total. The van der Waals surface area contributed by atoms with Gasteiger partial charge in [-0.15, -0.1) is 0 Å². The van der Waals surface area contributed by atoms with E-state index in [1.807, 2.05) is 13.1 Å². The quantitative estimate of drug-likeness (QED) is 0.569. The van der Waals surface area contributed by atoms with Gasteiger partial charge in [0.05, 0.1) is 5.54 Å². The molecule has 0 aliphatic carbocycles. The van der Waals surface area contributed by atoms with E-state index in [0.717, 1.165) is 19.5 Å². The van der Waals surface area contributed by atoms with Gasteiger partial charge >= 0.3 is 0 Å². The second-order valence-electron chi connectivity index (χ2n) is 3.89. The molecule has 0 aromatic carbocycles. The van der Waals surface area contributed by atoms with E-state index < -0.39 is 0 Å². The van der Waals surface area contributed by atoms with Crippen molar-refractivity contribution in [1.29, 1.82) is 0 Å². The maximum absolute atomic E-state index is 6.01. The van der Waals surface area contributed by atoms with Gasteiger partial charge in [0.2, 0.25) is 0 Å². The number of nitrogens with zero attached hydrogens (tertiary/aromatic N) is 1. The van der Waals surface area contributed by atoms with Gasteiger partial charge < -0.3 is 11.1 Å². The summed E-state index contributed by atoms with van der Waals surface area (Å²) in [7, 11) is 0. The summed E-state index contributed by atoms with van der Waals surface area (Å²) >= 11 is 0. The van der Waals surface area contributed by atoms with Gasteiger partial charge in [0.25, 0.3) is 0 Å². The predicted molar refractivity (Wildman–Crippen MR) is 54.7 cm³/mol. The summed E-state index contributed by atoms with van der Waals surface area (Å²) < 4.78 is 0. The van der Waals surface area contributed by atoms with Crippen LogP contribution in [-0.4, -0.2) is 24.8 Å². The van der Waals surface area contributed by atoms with E-state index in [-0.39, 0.29) is 5.54 Å². The minimum atomic E-state index is -0.384. The molecule has 0 aromatic heterocycles. The lowest BCUT2D eigenvalue weighted by Gasteiger charge is -2.21.